The van der Waals surface area contributed by atoms with Gasteiger partial charge in [0.05, 0.1) is 17.5 Å². The average molecular weight is 289 g/mol. The topological polar surface area (TPSA) is 37.4 Å². The van der Waals surface area contributed by atoms with Crippen molar-refractivity contribution in [1.29, 1.82) is 0 Å². The summed E-state index contributed by atoms with van der Waals surface area (Å²) in [6, 6.07) is 13.7. The number of carbonyl (C=O) groups excluding carboxylic acids is 2. The summed E-state index contributed by atoms with van der Waals surface area (Å²) in [4.78, 5) is 27.3. The monoisotopic (exact) mass is 289 g/mol. The fourth-order valence-electron chi connectivity index (χ4n) is 4.54. The van der Waals surface area contributed by atoms with Gasteiger partial charge in [-0.2, -0.15) is 0 Å². The summed E-state index contributed by atoms with van der Waals surface area (Å²) in [5.74, 6) is 0.215. The molecular weight excluding hydrogens is 274 g/mol. The Balaban J connectivity index is 1.67. The van der Waals surface area contributed by atoms with Gasteiger partial charge in [0.15, 0.2) is 0 Å². The smallest absolute Gasteiger partial charge is 0.238 e. The van der Waals surface area contributed by atoms with E-state index in [1.165, 1.54) is 4.90 Å². The van der Waals surface area contributed by atoms with Crippen LogP contribution in [0.15, 0.2) is 54.6 Å². The third-order valence-corrected chi connectivity index (χ3v) is 5.48. The minimum atomic E-state index is -0.138. The number of rotatable bonds is 1. The van der Waals surface area contributed by atoms with Gasteiger partial charge < -0.3 is 0 Å². The number of fused-ring (bicyclic) bond motifs is 6. The van der Waals surface area contributed by atoms with Crippen molar-refractivity contribution in [1.82, 2.24) is 0 Å². The molecule has 0 unspecified atom stereocenters. The van der Waals surface area contributed by atoms with Crippen LogP contribution >= 0.6 is 0 Å². The average Bonchev–Trinajstić information content (AvgIpc) is 3.21. The number of hydrogen-bond acceptors (Lipinski definition) is 2. The Hall–Kier alpha value is -2.42. The Morgan fingerprint density at radius 2 is 1.45 bits per heavy atom. The van der Waals surface area contributed by atoms with E-state index in [4.69, 9.17) is 0 Å². The third-order valence-electron chi connectivity index (χ3n) is 5.48. The van der Waals surface area contributed by atoms with Crippen LogP contribution in [0.1, 0.15) is 6.42 Å². The number of hydrogen-bond donors (Lipinski definition) is 0. The summed E-state index contributed by atoms with van der Waals surface area (Å²) in [6.07, 6.45) is 5.23. The van der Waals surface area contributed by atoms with Crippen LogP contribution in [0.5, 0.6) is 0 Å². The highest BCUT2D eigenvalue weighted by Gasteiger charge is 2.59. The molecule has 2 aromatic carbocycles. The second kappa shape index (κ2) is 4.07. The van der Waals surface area contributed by atoms with E-state index in [9.17, 15) is 9.59 Å². The number of amides is 2. The second-order valence-corrected chi connectivity index (χ2v) is 6.51. The Bertz CT molecular complexity index is 818. The van der Waals surface area contributed by atoms with E-state index in [0.717, 1.165) is 22.9 Å². The molecule has 0 spiro atoms. The number of anilines is 1. The van der Waals surface area contributed by atoms with Crippen molar-refractivity contribution in [3.8, 4) is 0 Å². The van der Waals surface area contributed by atoms with Crippen LogP contribution in [-0.4, -0.2) is 11.8 Å². The molecule has 22 heavy (non-hydrogen) atoms. The molecule has 2 aromatic rings. The highest BCUT2D eigenvalue weighted by Crippen LogP contribution is 2.53. The molecule has 0 radical (unpaired) electrons. The molecule has 5 rings (SSSR count). The van der Waals surface area contributed by atoms with E-state index in [2.05, 4.69) is 12.2 Å². The number of nitrogens with zero attached hydrogens (tertiary/aromatic N) is 1. The molecule has 1 heterocycles. The molecule has 1 aliphatic heterocycles. The first-order chi connectivity index (χ1) is 10.8. The molecule has 0 N–H and O–H groups in total. The fourth-order valence-corrected chi connectivity index (χ4v) is 4.54. The van der Waals surface area contributed by atoms with Gasteiger partial charge in [0.1, 0.15) is 0 Å². The quantitative estimate of drug-likeness (QED) is 0.597. The van der Waals surface area contributed by atoms with Gasteiger partial charge in [-0.05, 0) is 29.7 Å². The predicted octanol–water partition coefficient (Wildman–Crippen LogP) is 3.15. The van der Waals surface area contributed by atoms with Crippen molar-refractivity contribution >= 4 is 28.3 Å². The number of benzene rings is 2. The van der Waals surface area contributed by atoms with Crippen LogP contribution in [0.4, 0.5) is 5.69 Å². The lowest BCUT2D eigenvalue weighted by molar-refractivity contribution is -0.123. The third kappa shape index (κ3) is 1.36. The van der Waals surface area contributed by atoms with Crippen molar-refractivity contribution in [3.05, 3.63) is 54.6 Å². The van der Waals surface area contributed by atoms with E-state index in [-0.39, 0.29) is 35.5 Å². The largest absolute Gasteiger partial charge is 0.274 e. The van der Waals surface area contributed by atoms with Crippen LogP contribution in [-0.2, 0) is 9.59 Å². The first-order valence-electron chi connectivity index (χ1n) is 7.79. The summed E-state index contributed by atoms with van der Waals surface area (Å²) >= 11 is 0. The Morgan fingerprint density at radius 3 is 2.18 bits per heavy atom. The van der Waals surface area contributed by atoms with Gasteiger partial charge in [-0.3, -0.25) is 9.59 Å². The van der Waals surface area contributed by atoms with Crippen LogP contribution in [0.2, 0.25) is 0 Å². The number of allylic oxidation sites excluding steroid dienone is 2. The van der Waals surface area contributed by atoms with Gasteiger partial charge in [0, 0.05) is 5.39 Å². The molecule has 2 amide bonds. The summed E-state index contributed by atoms with van der Waals surface area (Å²) < 4.78 is 0. The van der Waals surface area contributed by atoms with Crippen molar-refractivity contribution in [2.45, 2.75) is 6.42 Å². The van der Waals surface area contributed by atoms with Crippen molar-refractivity contribution < 1.29 is 9.59 Å². The van der Waals surface area contributed by atoms with E-state index >= 15 is 0 Å². The predicted molar refractivity (Wildman–Crippen MR) is 84.2 cm³/mol. The number of imide groups is 1. The first-order valence-corrected chi connectivity index (χ1v) is 7.79. The van der Waals surface area contributed by atoms with Gasteiger partial charge in [0.2, 0.25) is 11.8 Å². The fraction of sp³-hybridized carbons (Fsp3) is 0.263. The van der Waals surface area contributed by atoms with Gasteiger partial charge in [-0.25, -0.2) is 4.90 Å². The van der Waals surface area contributed by atoms with Crippen LogP contribution < -0.4 is 4.90 Å². The maximum Gasteiger partial charge on any atom is 0.238 e. The zero-order valence-electron chi connectivity index (χ0n) is 12.0. The SMILES string of the molecule is O=C1[C@@H]2[C@H](C(=O)N1c1cccc3ccccc13)[C@@H]1C=C[C@H]2C1. The lowest BCUT2D eigenvalue weighted by atomic mass is 9.85. The zero-order chi connectivity index (χ0) is 14.8. The summed E-state index contributed by atoms with van der Waals surface area (Å²) in [5.41, 5.74) is 0.738. The molecule has 3 nitrogen and oxygen atoms in total. The Labute approximate surface area is 128 Å². The minimum absolute atomic E-state index is 0.0109. The zero-order valence-corrected chi connectivity index (χ0v) is 12.0. The molecule has 2 bridgehead atoms. The second-order valence-electron chi connectivity index (χ2n) is 6.51. The van der Waals surface area contributed by atoms with Crippen LogP contribution in [0.25, 0.3) is 10.8 Å². The maximum absolute atomic E-state index is 12.9. The molecular formula is C19H15NO2. The van der Waals surface area contributed by atoms with Crippen LogP contribution in [0.3, 0.4) is 0 Å². The minimum Gasteiger partial charge on any atom is -0.274 e. The molecule has 1 saturated heterocycles. The standard InChI is InChI=1S/C19H15NO2/c21-18-16-12-8-9-13(10-12)17(16)19(22)20(18)15-7-3-5-11-4-1-2-6-14(11)15/h1-9,12-13,16-17H,10H2/t12-,13+,16-,17+. The van der Waals surface area contributed by atoms with Crippen molar-refractivity contribution in [2.75, 3.05) is 4.90 Å². The highest BCUT2D eigenvalue weighted by atomic mass is 16.2. The first kappa shape index (κ1) is 12.2. The number of carbonyl (C=O) groups is 2. The molecule has 4 atom stereocenters. The molecule has 3 aliphatic rings. The highest BCUT2D eigenvalue weighted by molar-refractivity contribution is 6.25. The summed E-state index contributed by atoms with van der Waals surface area (Å²) in [7, 11) is 0. The van der Waals surface area contributed by atoms with Crippen molar-refractivity contribution in [2.24, 2.45) is 23.7 Å². The molecule has 2 fully saturated rings. The van der Waals surface area contributed by atoms with E-state index in [1.807, 2.05) is 42.5 Å². The van der Waals surface area contributed by atoms with Crippen LogP contribution in [0, 0.1) is 23.7 Å². The van der Waals surface area contributed by atoms with E-state index < -0.39 is 0 Å². The van der Waals surface area contributed by atoms with Gasteiger partial charge in [-0.1, -0.05) is 48.6 Å². The van der Waals surface area contributed by atoms with E-state index in [1.54, 1.807) is 0 Å². The maximum atomic E-state index is 12.9. The Morgan fingerprint density at radius 1 is 0.818 bits per heavy atom. The lowest BCUT2D eigenvalue weighted by Crippen LogP contribution is -2.33. The van der Waals surface area contributed by atoms with Gasteiger partial charge in [0.25, 0.3) is 0 Å². The Kier molecular flexibility index (Phi) is 2.25. The molecule has 0 aromatic heterocycles. The molecule has 108 valence electrons. The summed E-state index contributed by atoms with van der Waals surface area (Å²) in [5, 5.41) is 2.02. The molecule has 1 saturated carbocycles. The normalized spacial score (nSPS) is 32.3. The van der Waals surface area contributed by atoms with E-state index in [0.29, 0.717) is 0 Å². The van der Waals surface area contributed by atoms with Gasteiger partial charge >= 0.3 is 0 Å². The molecule has 2 aliphatic carbocycles. The molecule has 3 heteroatoms. The van der Waals surface area contributed by atoms with Crippen molar-refractivity contribution in [3.63, 3.8) is 0 Å². The summed E-state index contributed by atoms with van der Waals surface area (Å²) in [6.45, 7) is 0. The lowest BCUT2D eigenvalue weighted by Gasteiger charge is -2.19. The van der Waals surface area contributed by atoms with Gasteiger partial charge in [-0.15, -0.1) is 0 Å².